The van der Waals surface area contributed by atoms with Gasteiger partial charge in [-0.25, -0.2) is 9.59 Å². The molecule has 2 rings (SSSR count). The first kappa shape index (κ1) is 15.8. The van der Waals surface area contributed by atoms with Gasteiger partial charge in [0.2, 0.25) is 0 Å². The Bertz CT molecular complexity index is 458. The minimum absolute atomic E-state index is 0.433. The van der Waals surface area contributed by atoms with Gasteiger partial charge in [0, 0.05) is 11.4 Å². The van der Waals surface area contributed by atoms with Crippen molar-refractivity contribution in [1.82, 2.24) is 15.5 Å². The standard InChI is InChI=1S/C14H21N3O3S/c18-13(19)12(11-5-3-10-21-11)16-14(20)15-6-4-9-17-7-1-2-8-17/h3,5,10,12H,1-2,4,6-9H2,(H,18,19)(H2,15,16,20). The molecule has 1 unspecified atom stereocenters. The molecule has 1 fully saturated rings. The van der Waals surface area contributed by atoms with E-state index in [4.69, 9.17) is 5.11 Å². The molecule has 116 valence electrons. The van der Waals surface area contributed by atoms with Gasteiger partial charge < -0.3 is 20.6 Å². The molecule has 0 bridgehead atoms. The van der Waals surface area contributed by atoms with Crippen LogP contribution in [0.15, 0.2) is 17.5 Å². The summed E-state index contributed by atoms with van der Waals surface area (Å²) in [6.07, 6.45) is 3.40. The third-order valence-corrected chi connectivity index (χ3v) is 4.42. The van der Waals surface area contributed by atoms with E-state index < -0.39 is 18.0 Å². The fourth-order valence-electron chi connectivity index (χ4n) is 2.40. The third-order valence-electron chi connectivity index (χ3n) is 3.49. The van der Waals surface area contributed by atoms with Crippen LogP contribution in [0.4, 0.5) is 4.79 Å². The third kappa shape index (κ3) is 5.02. The Hall–Kier alpha value is -1.60. The predicted molar refractivity (Wildman–Crippen MR) is 81.5 cm³/mol. The largest absolute Gasteiger partial charge is 0.479 e. The first-order chi connectivity index (χ1) is 10.2. The van der Waals surface area contributed by atoms with Gasteiger partial charge in [-0.05, 0) is 50.3 Å². The molecule has 1 saturated heterocycles. The molecule has 3 N–H and O–H groups in total. The number of hydrogen-bond acceptors (Lipinski definition) is 4. The van der Waals surface area contributed by atoms with Crippen molar-refractivity contribution in [3.63, 3.8) is 0 Å². The second-order valence-electron chi connectivity index (χ2n) is 5.09. The van der Waals surface area contributed by atoms with Gasteiger partial charge in [0.1, 0.15) is 0 Å². The number of likely N-dealkylation sites (tertiary alicyclic amines) is 1. The van der Waals surface area contributed by atoms with Crippen LogP contribution in [-0.2, 0) is 4.79 Å². The van der Waals surface area contributed by atoms with Gasteiger partial charge >= 0.3 is 12.0 Å². The lowest BCUT2D eigenvalue weighted by atomic mass is 10.2. The smallest absolute Gasteiger partial charge is 0.331 e. The van der Waals surface area contributed by atoms with Crippen LogP contribution < -0.4 is 10.6 Å². The van der Waals surface area contributed by atoms with Crippen molar-refractivity contribution in [3.8, 4) is 0 Å². The number of carbonyl (C=O) groups excluding carboxylic acids is 1. The number of carbonyl (C=O) groups is 2. The van der Waals surface area contributed by atoms with Crippen molar-refractivity contribution in [3.05, 3.63) is 22.4 Å². The van der Waals surface area contributed by atoms with E-state index in [2.05, 4.69) is 15.5 Å². The summed E-state index contributed by atoms with van der Waals surface area (Å²) in [5.74, 6) is -1.05. The molecule has 21 heavy (non-hydrogen) atoms. The van der Waals surface area contributed by atoms with Crippen LogP contribution in [0.1, 0.15) is 30.2 Å². The van der Waals surface area contributed by atoms with Gasteiger partial charge in [-0.2, -0.15) is 0 Å². The van der Waals surface area contributed by atoms with Crippen LogP contribution >= 0.6 is 11.3 Å². The molecule has 1 aliphatic heterocycles. The molecule has 6 nitrogen and oxygen atoms in total. The number of carboxylic acid groups (broad SMARTS) is 1. The van der Waals surface area contributed by atoms with Gasteiger partial charge in [0.25, 0.3) is 0 Å². The lowest BCUT2D eigenvalue weighted by Gasteiger charge is -2.16. The number of nitrogens with zero attached hydrogens (tertiary/aromatic N) is 1. The van der Waals surface area contributed by atoms with Crippen molar-refractivity contribution in [2.45, 2.75) is 25.3 Å². The molecule has 7 heteroatoms. The molecule has 2 heterocycles. The molecule has 1 aliphatic rings. The van der Waals surface area contributed by atoms with Gasteiger partial charge in [0.15, 0.2) is 6.04 Å². The summed E-state index contributed by atoms with van der Waals surface area (Å²) >= 11 is 1.32. The Morgan fingerprint density at radius 1 is 1.38 bits per heavy atom. The van der Waals surface area contributed by atoms with E-state index in [1.165, 1.54) is 24.2 Å². The number of hydrogen-bond donors (Lipinski definition) is 3. The Morgan fingerprint density at radius 2 is 2.14 bits per heavy atom. The predicted octanol–water partition coefficient (Wildman–Crippen LogP) is 1.66. The lowest BCUT2D eigenvalue weighted by Crippen LogP contribution is -2.41. The lowest BCUT2D eigenvalue weighted by molar-refractivity contribution is -0.139. The maximum atomic E-state index is 11.8. The number of aliphatic carboxylic acids is 1. The second-order valence-corrected chi connectivity index (χ2v) is 6.07. The summed E-state index contributed by atoms with van der Waals surface area (Å²) in [6, 6.07) is 2.06. The molecule has 1 aromatic rings. The summed E-state index contributed by atoms with van der Waals surface area (Å²) in [5, 5.41) is 16.2. The van der Waals surface area contributed by atoms with Crippen molar-refractivity contribution in [2.75, 3.05) is 26.2 Å². The Morgan fingerprint density at radius 3 is 2.76 bits per heavy atom. The number of amides is 2. The summed E-state index contributed by atoms with van der Waals surface area (Å²) in [5.41, 5.74) is 0. The van der Waals surface area contributed by atoms with E-state index in [0.29, 0.717) is 11.4 Å². The number of thiophene rings is 1. The van der Waals surface area contributed by atoms with Crippen LogP contribution in [0.25, 0.3) is 0 Å². The minimum atomic E-state index is -1.05. The summed E-state index contributed by atoms with van der Waals surface area (Å²) in [6.45, 7) is 3.82. The number of carboxylic acids is 1. The first-order valence-corrected chi connectivity index (χ1v) is 8.07. The monoisotopic (exact) mass is 311 g/mol. The summed E-state index contributed by atoms with van der Waals surface area (Å²) < 4.78 is 0. The van der Waals surface area contributed by atoms with Crippen molar-refractivity contribution >= 4 is 23.3 Å². The molecular weight excluding hydrogens is 290 g/mol. The average molecular weight is 311 g/mol. The molecule has 0 spiro atoms. The maximum Gasteiger partial charge on any atom is 0.331 e. The number of rotatable bonds is 7. The van der Waals surface area contributed by atoms with Crippen LogP contribution in [0.2, 0.25) is 0 Å². The zero-order chi connectivity index (χ0) is 15.1. The molecule has 1 aromatic heterocycles. The van der Waals surface area contributed by atoms with E-state index in [1.807, 2.05) is 0 Å². The van der Waals surface area contributed by atoms with Crippen LogP contribution in [0.5, 0.6) is 0 Å². The van der Waals surface area contributed by atoms with Crippen LogP contribution in [0, 0.1) is 0 Å². The fourth-order valence-corrected chi connectivity index (χ4v) is 3.17. The highest BCUT2D eigenvalue weighted by molar-refractivity contribution is 7.10. The minimum Gasteiger partial charge on any atom is -0.479 e. The van der Waals surface area contributed by atoms with Crippen LogP contribution in [0.3, 0.4) is 0 Å². The second kappa shape index (κ2) is 7.99. The zero-order valence-electron chi connectivity index (χ0n) is 11.9. The van der Waals surface area contributed by atoms with Gasteiger partial charge in [-0.3, -0.25) is 0 Å². The highest BCUT2D eigenvalue weighted by Crippen LogP contribution is 2.18. The average Bonchev–Trinajstić information content (AvgIpc) is 3.13. The quantitative estimate of drug-likeness (QED) is 0.669. The number of nitrogens with one attached hydrogen (secondary N) is 2. The van der Waals surface area contributed by atoms with Crippen LogP contribution in [-0.4, -0.2) is 48.2 Å². The first-order valence-electron chi connectivity index (χ1n) is 7.20. The molecule has 0 aliphatic carbocycles. The summed E-state index contributed by atoms with van der Waals surface area (Å²) in [4.78, 5) is 25.9. The molecule has 0 radical (unpaired) electrons. The van der Waals surface area contributed by atoms with Gasteiger partial charge in [0.05, 0.1) is 0 Å². The van der Waals surface area contributed by atoms with E-state index in [-0.39, 0.29) is 0 Å². The van der Waals surface area contributed by atoms with E-state index in [1.54, 1.807) is 17.5 Å². The molecule has 0 aromatic carbocycles. The highest BCUT2D eigenvalue weighted by atomic mass is 32.1. The number of urea groups is 1. The maximum absolute atomic E-state index is 11.8. The van der Waals surface area contributed by atoms with Crippen molar-refractivity contribution in [1.29, 1.82) is 0 Å². The Kier molecular flexibility index (Phi) is 6.01. The molecule has 0 saturated carbocycles. The normalized spacial score (nSPS) is 16.6. The summed E-state index contributed by atoms with van der Waals surface area (Å²) in [7, 11) is 0. The SMILES string of the molecule is O=C(NCCCN1CCCC1)NC(C(=O)O)c1cccs1. The van der Waals surface area contributed by atoms with Gasteiger partial charge in [-0.1, -0.05) is 6.07 Å². The fraction of sp³-hybridized carbons (Fsp3) is 0.571. The Labute approximate surface area is 128 Å². The molecular formula is C14H21N3O3S. The van der Waals surface area contributed by atoms with E-state index in [0.717, 1.165) is 26.1 Å². The zero-order valence-corrected chi connectivity index (χ0v) is 12.7. The van der Waals surface area contributed by atoms with Gasteiger partial charge in [-0.15, -0.1) is 11.3 Å². The van der Waals surface area contributed by atoms with E-state index in [9.17, 15) is 9.59 Å². The highest BCUT2D eigenvalue weighted by Gasteiger charge is 2.22. The Balaban J connectivity index is 1.68. The van der Waals surface area contributed by atoms with Crippen molar-refractivity contribution < 1.29 is 14.7 Å². The molecule has 2 amide bonds. The van der Waals surface area contributed by atoms with E-state index >= 15 is 0 Å². The topological polar surface area (TPSA) is 81.7 Å². The van der Waals surface area contributed by atoms with Crippen molar-refractivity contribution in [2.24, 2.45) is 0 Å². The molecule has 1 atom stereocenters.